The lowest BCUT2D eigenvalue weighted by Gasteiger charge is -2.41. The number of methoxy groups -OCH3 is 2. The van der Waals surface area contributed by atoms with Gasteiger partial charge in [-0.05, 0) is 91.5 Å². The number of thiazole rings is 1. The van der Waals surface area contributed by atoms with E-state index in [1.807, 2.05) is 84.0 Å². The van der Waals surface area contributed by atoms with Crippen LogP contribution in [0.15, 0.2) is 66.2 Å². The van der Waals surface area contributed by atoms with Crippen LogP contribution in [-0.2, 0) is 82.9 Å². The van der Waals surface area contributed by atoms with Crippen molar-refractivity contribution in [1.29, 1.82) is 0 Å². The van der Waals surface area contributed by atoms with Crippen molar-refractivity contribution in [2.75, 3.05) is 126 Å². The highest BCUT2D eigenvalue weighted by atomic mass is 32.1. The number of benzene rings is 2. The number of imide groups is 1. The van der Waals surface area contributed by atoms with Crippen LogP contribution < -0.4 is 27.0 Å². The Morgan fingerprint density at radius 3 is 1.88 bits per heavy atom. The number of likely N-dealkylation sites (N-methyl/N-ethyl adjacent to an activating group) is 3. The van der Waals surface area contributed by atoms with Gasteiger partial charge in [0.15, 0.2) is 17.7 Å². The molecule has 30 nitrogen and oxygen atoms in total. The first-order chi connectivity index (χ1) is 57.2. The van der Waals surface area contributed by atoms with E-state index in [0.29, 0.717) is 55.6 Å². The Balaban J connectivity index is 0.000000481. The first-order valence-electron chi connectivity index (χ1n) is 43.1. The van der Waals surface area contributed by atoms with Crippen molar-refractivity contribution in [3.05, 3.63) is 82.3 Å². The third-order valence-electron chi connectivity index (χ3n) is 22.6. The fourth-order valence-electron chi connectivity index (χ4n) is 15.5. The number of hydrogen-bond donors (Lipinski definition) is 6. The number of amides is 11. The summed E-state index contributed by atoms with van der Waals surface area (Å²) in [5, 5.41) is 24.4. The van der Waals surface area contributed by atoms with Crippen molar-refractivity contribution in [3.63, 3.8) is 0 Å². The molecule has 678 valence electrons. The largest absolute Gasteiger partial charge is 0.396 e. The Kier molecular flexibility index (Phi) is 46.4. The van der Waals surface area contributed by atoms with E-state index < -0.39 is 71.9 Å². The van der Waals surface area contributed by atoms with Crippen LogP contribution in [0.5, 0.6) is 0 Å². The second-order valence-corrected chi connectivity index (χ2v) is 35.9. The molecule has 12 atom stereocenters. The zero-order valence-corrected chi connectivity index (χ0v) is 76.4. The maximum Gasteiger partial charge on any atom is 0.312 e. The first-order valence-corrected chi connectivity index (χ1v) is 44.0. The second-order valence-electron chi connectivity index (χ2n) is 35.0. The van der Waals surface area contributed by atoms with Crippen LogP contribution in [0.1, 0.15) is 209 Å². The lowest BCUT2D eigenvalue weighted by Crippen LogP contribution is -2.54. The van der Waals surface area contributed by atoms with E-state index in [9.17, 15) is 67.4 Å². The van der Waals surface area contributed by atoms with Gasteiger partial charge in [0.2, 0.25) is 47.3 Å². The number of piperazine rings is 1. The van der Waals surface area contributed by atoms with Crippen molar-refractivity contribution in [3.8, 4) is 0 Å². The van der Waals surface area contributed by atoms with Gasteiger partial charge in [0.05, 0.1) is 62.1 Å². The number of carbonyl (C=O) groups excluding carboxylic acids is 13. The summed E-state index contributed by atoms with van der Waals surface area (Å²) in [7, 11) is 8.41. The van der Waals surface area contributed by atoms with E-state index in [0.717, 1.165) is 41.4 Å². The minimum atomic E-state index is -0.862. The van der Waals surface area contributed by atoms with Gasteiger partial charge in [-0.25, -0.2) is 9.78 Å². The van der Waals surface area contributed by atoms with Crippen molar-refractivity contribution in [2.45, 2.75) is 229 Å². The maximum atomic E-state index is 14.4. The topological polar surface area (TPSA) is 386 Å². The Labute approximate surface area is 722 Å². The molecule has 2 aromatic carbocycles. The number of aromatic nitrogens is 1. The molecule has 11 amide bonds. The summed E-state index contributed by atoms with van der Waals surface area (Å²) < 4.78 is 22.6. The number of nitrogens with one attached hydrogen (secondary N) is 4. The standard InChI is InChI=1S/C45H70N4O7S.C40H62N8O11.C5H12/c1-12-30(6)43(48(10)45(55)35(28(2)3)25-39(53)42(29(4)5)47(9)32(8)51)40(56-11)26-41(54)49-21-16-19-37(49)36(27-50)31(7)38(52)24-34(44-46-20-22-57-44)23-33-17-14-13-15-18-33;1-27(2)36(45-33(51)14-22-58-24-25-59-23-16-42-32(50)13-17-48-34(52)11-12-35(48)53)31(49)26-29(6-5-15-43-40(41)56)38(54)44-30-9-7-28(8-10-30)37(57-4)39(55)47-20-18-46(3)19-21-47;1-5(2,3)4/h13-15,17-18,20,22,28-31,34-37,40,42-43,50H,12,16,19,21,23-27H2,1-11H3;7-10,27,29,36-37H,5-6,11-26H2,1-4H3,(H,42,50)(H,44,54)(H,45,51)(H3,41,43,56);1-4H3/t30-,31+,34+,35-,36+,37-,40+,42-,43-;29-,36+,37?;/m01./s1. The number of primary amides is 1. The van der Waals surface area contributed by atoms with Gasteiger partial charge in [-0.1, -0.05) is 139 Å². The van der Waals surface area contributed by atoms with Gasteiger partial charge in [0.1, 0.15) is 5.78 Å². The second kappa shape index (κ2) is 53.5. The smallest absolute Gasteiger partial charge is 0.312 e. The molecule has 0 bridgehead atoms. The summed E-state index contributed by atoms with van der Waals surface area (Å²) in [6.45, 7) is 31.7. The minimum absolute atomic E-state index is 0.00311. The van der Waals surface area contributed by atoms with E-state index in [1.54, 1.807) is 86.7 Å². The number of urea groups is 1. The van der Waals surface area contributed by atoms with Crippen molar-refractivity contribution >= 4 is 93.6 Å². The number of likely N-dealkylation sites (tertiary alicyclic amines) is 2. The number of aliphatic hydroxyl groups excluding tert-OH is 1. The zero-order valence-electron chi connectivity index (χ0n) is 75.6. The average Bonchev–Trinajstić information content (AvgIpc) is 1.74. The third-order valence-corrected chi connectivity index (χ3v) is 23.5. The molecule has 6 rings (SSSR count). The fourth-order valence-corrected chi connectivity index (χ4v) is 16.2. The molecular formula is C90H144N12O18S. The molecule has 3 aliphatic rings. The molecule has 0 aliphatic carbocycles. The quantitative estimate of drug-likeness (QED) is 0.0227. The highest BCUT2D eigenvalue weighted by molar-refractivity contribution is 7.09. The molecule has 0 spiro atoms. The third kappa shape index (κ3) is 35.7. The first kappa shape index (κ1) is 105. The van der Waals surface area contributed by atoms with Crippen molar-refractivity contribution in [1.82, 2.24) is 50.3 Å². The molecule has 1 aromatic heterocycles. The van der Waals surface area contributed by atoms with Crippen LogP contribution in [0.2, 0.25) is 0 Å². The molecule has 3 aromatic rings. The van der Waals surface area contributed by atoms with E-state index >= 15 is 0 Å². The minimum Gasteiger partial charge on any atom is -0.396 e. The number of ketones is 3. The SMILES string of the molecule is CC(C)(C)C.CC[C@H](C)[C@@H]([C@@H](CC(=O)N1CCC[C@H]1[C@H](CO)[C@@H](C)C(=O)C[C@@H](Cc1ccccc1)c1nccs1)OC)N(C)C(=O)[C@@H](CC(=O)[C@H](C(C)C)N(C)C(C)=O)C(C)C.COC(C(=O)N1CCN(C)CC1)c1ccc(NC(=O)[C@H](CCCNC(N)=O)CC(=O)[C@@H](NC(=O)CCOCCOCCNC(=O)CCN2C(=O)CCC2=O)C(C)C)cc1. The Morgan fingerprint density at radius 2 is 1.34 bits per heavy atom. The molecule has 1 unspecified atom stereocenters. The summed E-state index contributed by atoms with van der Waals surface area (Å²) >= 11 is 1.54. The van der Waals surface area contributed by atoms with Gasteiger partial charge in [0.25, 0.3) is 5.91 Å². The fraction of sp³-hybridized carbons (Fsp3) is 0.689. The Hall–Kier alpha value is -8.46. The molecule has 7 N–H and O–H groups in total. The number of nitrogens with zero attached hydrogens (tertiary/aromatic N) is 7. The van der Waals surface area contributed by atoms with Crippen LogP contribution in [-0.4, -0.2) is 267 Å². The number of hydrogen-bond acceptors (Lipinski definition) is 21. The lowest BCUT2D eigenvalue weighted by atomic mass is 9.80. The van der Waals surface area contributed by atoms with E-state index in [1.165, 1.54) is 18.9 Å². The number of aliphatic hydroxyl groups is 1. The molecule has 121 heavy (non-hydrogen) atoms. The average molecular weight is 1710 g/mol. The number of rotatable bonds is 49. The number of Topliss-reactive ketones (excluding diaryl/α,β-unsaturated/α-hetero) is 3. The van der Waals surface area contributed by atoms with Gasteiger partial charge in [-0.15, -0.1) is 11.3 Å². The predicted molar refractivity (Wildman–Crippen MR) is 466 cm³/mol. The highest BCUT2D eigenvalue weighted by Gasteiger charge is 2.44. The van der Waals surface area contributed by atoms with Crippen LogP contribution in [0.4, 0.5) is 10.5 Å². The highest BCUT2D eigenvalue weighted by Crippen LogP contribution is 2.36. The monoisotopic (exact) mass is 1710 g/mol. The zero-order chi connectivity index (χ0) is 90.4. The molecule has 4 heterocycles. The Bertz CT molecular complexity index is 3720. The molecule has 0 radical (unpaired) electrons. The van der Waals surface area contributed by atoms with Gasteiger partial charge in [-0.2, -0.15) is 0 Å². The number of carbonyl (C=O) groups is 13. The van der Waals surface area contributed by atoms with E-state index in [2.05, 4.69) is 71.0 Å². The summed E-state index contributed by atoms with van der Waals surface area (Å²) in [5.41, 5.74) is 7.92. The molecule has 31 heteroatoms. The van der Waals surface area contributed by atoms with Crippen molar-refractivity contribution < 1.29 is 86.4 Å². The number of nitrogens with two attached hydrogens (primary N) is 1. The summed E-state index contributed by atoms with van der Waals surface area (Å²) in [6.07, 6.45) is 4.32. The van der Waals surface area contributed by atoms with Crippen LogP contribution in [0.25, 0.3) is 0 Å². The summed E-state index contributed by atoms with van der Waals surface area (Å²) in [6, 6.07) is 13.9. The lowest BCUT2D eigenvalue weighted by molar-refractivity contribution is -0.149. The Morgan fingerprint density at radius 1 is 0.711 bits per heavy atom. The normalized spacial score (nSPS) is 17.1. The van der Waals surface area contributed by atoms with E-state index in [4.69, 9.17) is 24.7 Å². The predicted octanol–water partition coefficient (Wildman–Crippen LogP) is 9.06. The van der Waals surface area contributed by atoms with Crippen LogP contribution in [0, 0.1) is 52.8 Å². The van der Waals surface area contributed by atoms with Gasteiger partial charge < -0.3 is 75.6 Å². The summed E-state index contributed by atoms with van der Waals surface area (Å²) in [5.74, 6) is -5.74. The molecule has 3 fully saturated rings. The molecule has 3 aliphatic heterocycles. The molecule has 3 saturated heterocycles. The number of ether oxygens (including phenoxy) is 4. The van der Waals surface area contributed by atoms with Crippen LogP contribution >= 0.6 is 11.3 Å². The maximum absolute atomic E-state index is 14.4. The van der Waals surface area contributed by atoms with Gasteiger partial charge in [0, 0.05) is 192 Å². The van der Waals surface area contributed by atoms with Crippen molar-refractivity contribution in [2.24, 2.45) is 58.5 Å². The summed E-state index contributed by atoms with van der Waals surface area (Å²) in [4.78, 5) is 183. The van der Waals surface area contributed by atoms with Gasteiger partial charge >= 0.3 is 6.03 Å². The van der Waals surface area contributed by atoms with E-state index in [-0.39, 0.29) is 205 Å². The van der Waals surface area contributed by atoms with Crippen LogP contribution in [0.3, 0.4) is 0 Å². The number of anilines is 1. The van der Waals surface area contributed by atoms with Gasteiger partial charge in [-0.3, -0.25) is 62.4 Å². The molecular weight excluding hydrogens is 1570 g/mol. The molecule has 0 saturated carbocycles.